The molecule has 0 aromatic heterocycles. The maximum Gasteiger partial charge on any atom is 0 e. The fourth-order valence-corrected chi connectivity index (χ4v) is 0.483. The summed E-state index contributed by atoms with van der Waals surface area (Å²) < 4.78 is 0. The maximum absolute atomic E-state index is 5.09. The van der Waals surface area contributed by atoms with Gasteiger partial charge < -0.3 is 0 Å². The summed E-state index contributed by atoms with van der Waals surface area (Å²) in [6.45, 7) is 0. The van der Waals surface area contributed by atoms with E-state index in [-0.39, 0.29) is 32.7 Å². The second-order valence-corrected chi connectivity index (χ2v) is 1.43. The minimum absolute atomic E-state index is 0. The van der Waals surface area contributed by atoms with Crippen molar-refractivity contribution in [2.75, 3.05) is 0 Å². The number of benzene rings is 1. The number of rotatable bonds is 0. The molecule has 0 saturated heterocycles. The maximum atomic E-state index is 5.09. The third kappa shape index (κ3) is 2.79. The quantitative estimate of drug-likeness (QED) is 0.429. The van der Waals surface area contributed by atoms with Crippen LogP contribution in [0.25, 0.3) is 0 Å². The molecule has 0 amide bonds. The number of terminal acetylenes is 1. The first kappa shape index (κ1) is 8.88. The monoisotopic (exact) mass is 190 g/mol. The summed E-state index contributed by atoms with van der Waals surface area (Å²) in [5, 5.41) is 0. The molecule has 1 rings (SSSR count). The molecule has 0 unspecified atom stereocenters. The van der Waals surface area contributed by atoms with Gasteiger partial charge in [-0.2, -0.15) is 30.3 Å². The summed E-state index contributed by atoms with van der Waals surface area (Å²) in [4.78, 5) is 0. The normalized spacial score (nSPS) is 7.00. The topological polar surface area (TPSA) is 0 Å². The molecular weight excluding hydrogens is 185 g/mol. The smallest absolute Gasteiger partial charge is 0 e. The van der Waals surface area contributed by atoms with Crippen LogP contribution in [0.5, 0.6) is 0 Å². The van der Waals surface area contributed by atoms with Crippen molar-refractivity contribution in [2.24, 2.45) is 0 Å². The van der Waals surface area contributed by atoms with E-state index in [1.165, 1.54) is 0 Å². The molecule has 41 valence electrons. The van der Waals surface area contributed by atoms with Crippen LogP contribution in [-0.2, 0) is 32.7 Å². The van der Waals surface area contributed by atoms with Crippen LogP contribution in [0.3, 0.4) is 0 Å². The van der Waals surface area contributed by atoms with Gasteiger partial charge in [-0.15, -0.1) is 6.42 Å². The van der Waals surface area contributed by atoms with Gasteiger partial charge in [0.05, 0.1) is 0 Å². The van der Waals surface area contributed by atoms with E-state index in [0.29, 0.717) is 0 Å². The van der Waals surface area contributed by atoms with E-state index < -0.39 is 0 Å². The molecule has 0 atom stereocenters. The molecule has 0 aliphatic rings. The van der Waals surface area contributed by atoms with Crippen LogP contribution in [0.15, 0.2) is 24.3 Å². The second-order valence-electron chi connectivity index (χ2n) is 1.43. The first-order chi connectivity index (χ1) is 3.93. The molecule has 0 saturated carbocycles. The van der Waals surface area contributed by atoms with E-state index in [4.69, 9.17) is 6.42 Å². The van der Waals surface area contributed by atoms with Crippen molar-refractivity contribution >= 4 is 0 Å². The molecule has 0 fully saturated rings. The van der Waals surface area contributed by atoms with E-state index in [1.54, 1.807) is 12.1 Å². The fraction of sp³-hybridized carbons (Fsp3) is 0. The molecule has 0 spiro atoms. The Morgan fingerprint density at radius 1 is 1.33 bits per heavy atom. The van der Waals surface area contributed by atoms with Crippen LogP contribution in [0.1, 0.15) is 5.56 Å². The van der Waals surface area contributed by atoms with E-state index in [0.717, 1.165) is 5.56 Å². The fourth-order valence-electron chi connectivity index (χ4n) is 0.483. The first-order valence-corrected chi connectivity index (χ1v) is 2.36. The first-order valence-electron chi connectivity index (χ1n) is 2.36. The molecule has 0 bridgehead atoms. The van der Waals surface area contributed by atoms with Crippen molar-refractivity contribution in [3.05, 3.63) is 35.9 Å². The van der Waals surface area contributed by atoms with Gasteiger partial charge in [0.2, 0.25) is 0 Å². The summed E-state index contributed by atoms with van der Waals surface area (Å²) in [6, 6.07) is 10.2. The van der Waals surface area contributed by atoms with Gasteiger partial charge in [-0.3, -0.25) is 0 Å². The van der Waals surface area contributed by atoms with Crippen LogP contribution in [0, 0.1) is 18.4 Å². The van der Waals surface area contributed by atoms with Crippen molar-refractivity contribution in [1.29, 1.82) is 0 Å². The van der Waals surface area contributed by atoms with Gasteiger partial charge in [-0.1, -0.05) is 11.5 Å². The Bertz CT molecular complexity index is 196. The van der Waals surface area contributed by atoms with Crippen LogP contribution in [0.2, 0.25) is 0 Å². The zero-order chi connectivity index (χ0) is 5.82. The Morgan fingerprint density at radius 3 is 2.22 bits per heavy atom. The summed E-state index contributed by atoms with van der Waals surface area (Å²) in [5.41, 5.74) is 0.906. The third-order valence-corrected chi connectivity index (χ3v) is 0.885. The summed E-state index contributed by atoms with van der Waals surface area (Å²) in [5.74, 6) is 2.51. The second kappa shape index (κ2) is 4.73. The standard InChI is InChI=1S/C8H5.Y/c1-2-8-6-4-3-5-7-8;/h1,4-7H;/q-1;. The van der Waals surface area contributed by atoms with Gasteiger partial charge in [0, 0.05) is 32.7 Å². The van der Waals surface area contributed by atoms with Gasteiger partial charge in [-0.05, 0) is 0 Å². The molecule has 0 heterocycles. The average Bonchev–Trinajstić information content (AvgIpc) is 1.90. The van der Waals surface area contributed by atoms with Crippen molar-refractivity contribution in [3.63, 3.8) is 0 Å². The molecule has 0 aliphatic carbocycles. The van der Waals surface area contributed by atoms with E-state index in [9.17, 15) is 0 Å². The summed E-state index contributed by atoms with van der Waals surface area (Å²) >= 11 is 0. The third-order valence-electron chi connectivity index (χ3n) is 0.885. The predicted octanol–water partition coefficient (Wildman–Crippen LogP) is 1.47. The zero-order valence-electron chi connectivity index (χ0n) is 4.96. The SMILES string of the molecule is C#Cc1cc[c-]cc1.[Y]. The Balaban J connectivity index is 0.000000640. The van der Waals surface area contributed by atoms with Crippen LogP contribution in [-0.4, -0.2) is 0 Å². The minimum Gasteiger partial charge on any atom is -0.184 e. The molecule has 0 nitrogen and oxygen atoms in total. The van der Waals surface area contributed by atoms with Crippen LogP contribution in [0.4, 0.5) is 0 Å². The Kier molecular flexibility index (Phi) is 4.67. The molecule has 1 aromatic carbocycles. The van der Waals surface area contributed by atoms with Crippen molar-refractivity contribution in [3.8, 4) is 12.3 Å². The van der Waals surface area contributed by atoms with E-state index >= 15 is 0 Å². The van der Waals surface area contributed by atoms with Gasteiger partial charge >= 0.3 is 0 Å². The Labute approximate surface area is 80.5 Å². The molecule has 0 aliphatic heterocycles. The molecule has 0 N–H and O–H groups in total. The van der Waals surface area contributed by atoms with Crippen molar-refractivity contribution in [1.82, 2.24) is 0 Å². The van der Waals surface area contributed by atoms with Crippen molar-refractivity contribution in [2.45, 2.75) is 0 Å². The molecule has 1 heteroatoms. The van der Waals surface area contributed by atoms with Gasteiger partial charge in [-0.25, -0.2) is 0 Å². The van der Waals surface area contributed by atoms with Gasteiger partial charge in [0.1, 0.15) is 0 Å². The van der Waals surface area contributed by atoms with Gasteiger partial charge in [0.15, 0.2) is 0 Å². The molecule has 9 heavy (non-hydrogen) atoms. The molecule has 1 radical (unpaired) electrons. The Hall–Kier alpha value is -0.116. The number of hydrogen-bond acceptors (Lipinski definition) is 0. The van der Waals surface area contributed by atoms with Crippen LogP contribution >= 0.6 is 0 Å². The molecule has 1 aromatic rings. The Morgan fingerprint density at radius 2 is 1.89 bits per heavy atom. The zero-order valence-corrected chi connectivity index (χ0v) is 7.80. The molecular formula is C8H5Y-. The minimum atomic E-state index is 0. The average molecular weight is 190 g/mol. The predicted molar refractivity (Wildman–Crippen MR) is 33.2 cm³/mol. The largest absolute Gasteiger partial charge is 0.184 e. The van der Waals surface area contributed by atoms with Gasteiger partial charge in [0.25, 0.3) is 0 Å². The summed E-state index contributed by atoms with van der Waals surface area (Å²) in [7, 11) is 0. The van der Waals surface area contributed by atoms with Crippen LogP contribution < -0.4 is 0 Å². The van der Waals surface area contributed by atoms with Crippen molar-refractivity contribution < 1.29 is 32.7 Å². The summed E-state index contributed by atoms with van der Waals surface area (Å²) in [6.07, 6.45) is 5.09. The van der Waals surface area contributed by atoms with E-state index in [2.05, 4.69) is 12.0 Å². The van der Waals surface area contributed by atoms with E-state index in [1.807, 2.05) is 12.1 Å². The number of hydrogen-bond donors (Lipinski definition) is 0.